The molecule has 0 aliphatic rings. The maximum Gasteiger partial charge on any atom is 0.294 e. The Hall–Kier alpha value is -0.680. The molecule has 0 spiro atoms. The number of aliphatic hydroxyl groups excluding tert-OH is 1. The second-order valence-electron chi connectivity index (χ2n) is 3.30. The fourth-order valence-electron chi connectivity index (χ4n) is 1.36. The Labute approximate surface area is 108 Å². The molecule has 1 aromatic carbocycles. The number of hydrogen-bond donors (Lipinski definition) is 3. The normalized spacial score (nSPS) is 11.7. The monoisotopic (exact) mass is 296 g/mol. The quantitative estimate of drug-likeness (QED) is 0.298. The number of aryl methyl sites for hydroxylation is 1. The van der Waals surface area contributed by atoms with Gasteiger partial charge in [0.25, 0.3) is 10.1 Å². The summed E-state index contributed by atoms with van der Waals surface area (Å²) in [6, 6.07) is 4.21. The summed E-state index contributed by atoms with van der Waals surface area (Å²) in [5.41, 5.74) is 0.390. The second kappa shape index (κ2) is 7.04. The van der Waals surface area contributed by atoms with E-state index in [2.05, 4.69) is 9.37 Å². The number of benzene rings is 1. The molecule has 7 nitrogen and oxygen atoms in total. The lowest BCUT2D eigenvalue weighted by Gasteiger charge is -2.08. The minimum absolute atomic E-state index is 0.0805. The van der Waals surface area contributed by atoms with E-state index in [4.69, 9.17) is 14.9 Å². The van der Waals surface area contributed by atoms with E-state index in [1.807, 2.05) is 0 Å². The molecule has 1 rings (SSSR count). The second-order valence-corrected chi connectivity index (χ2v) is 5.46. The Morgan fingerprint density at radius 1 is 1.33 bits per heavy atom. The van der Waals surface area contributed by atoms with Crippen LogP contribution in [0.25, 0.3) is 0 Å². The summed E-state index contributed by atoms with van der Waals surface area (Å²) in [6.07, 6.45) is 0.694. The predicted molar refractivity (Wildman–Crippen MR) is 62.3 cm³/mol. The molecule has 0 amide bonds. The van der Waals surface area contributed by atoms with Crippen molar-refractivity contribution < 1.29 is 32.7 Å². The lowest BCUT2D eigenvalue weighted by atomic mass is 10.1. The summed E-state index contributed by atoms with van der Waals surface area (Å²) in [4.78, 5) is 0.0620. The standard InChI is InChI=1S/C9H12O7S2/c10-5-1-2-7-3-4-8(17-16-15-11)6-9(7)18(12,13)14/h3-4,6,10-11H,1-2,5H2,(H,12,13,14). The van der Waals surface area contributed by atoms with Gasteiger partial charge < -0.3 is 5.11 Å². The van der Waals surface area contributed by atoms with E-state index in [1.54, 1.807) is 0 Å². The van der Waals surface area contributed by atoms with Crippen molar-refractivity contribution in [1.29, 1.82) is 0 Å². The van der Waals surface area contributed by atoms with E-state index < -0.39 is 10.1 Å². The molecule has 0 radical (unpaired) electrons. The smallest absolute Gasteiger partial charge is 0.294 e. The van der Waals surface area contributed by atoms with Crippen molar-refractivity contribution in [3.8, 4) is 0 Å². The van der Waals surface area contributed by atoms with E-state index >= 15 is 0 Å². The van der Waals surface area contributed by atoms with Crippen LogP contribution < -0.4 is 0 Å². The summed E-state index contributed by atoms with van der Waals surface area (Å²) in [5, 5.41) is 20.1. The van der Waals surface area contributed by atoms with Gasteiger partial charge in [0.05, 0.1) is 16.9 Å². The molecule has 0 saturated carbocycles. The molecule has 0 aliphatic heterocycles. The van der Waals surface area contributed by atoms with Gasteiger partial charge in [0.2, 0.25) is 0 Å². The van der Waals surface area contributed by atoms with Crippen LogP contribution in [0.4, 0.5) is 0 Å². The first-order valence-corrected chi connectivity index (χ1v) is 7.03. The molecule has 0 aromatic heterocycles. The van der Waals surface area contributed by atoms with E-state index in [9.17, 15) is 8.42 Å². The Morgan fingerprint density at radius 2 is 2.06 bits per heavy atom. The van der Waals surface area contributed by atoms with Crippen LogP contribution in [0, 0.1) is 0 Å². The maximum absolute atomic E-state index is 11.2. The van der Waals surface area contributed by atoms with Gasteiger partial charge >= 0.3 is 0 Å². The molecule has 102 valence electrons. The topological polar surface area (TPSA) is 113 Å². The highest BCUT2D eigenvalue weighted by Crippen LogP contribution is 2.26. The highest BCUT2D eigenvalue weighted by atomic mass is 32.2. The lowest BCUT2D eigenvalue weighted by molar-refractivity contribution is -0.432. The van der Waals surface area contributed by atoms with Crippen molar-refractivity contribution >= 4 is 22.2 Å². The van der Waals surface area contributed by atoms with Gasteiger partial charge in [-0.2, -0.15) is 8.42 Å². The molecule has 18 heavy (non-hydrogen) atoms. The van der Waals surface area contributed by atoms with E-state index in [0.717, 1.165) is 0 Å². The summed E-state index contributed by atoms with van der Waals surface area (Å²) in [7, 11) is -4.37. The van der Waals surface area contributed by atoms with Gasteiger partial charge in [0.1, 0.15) is 0 Å². The highest BCUT2D eigenvalue weighted by molar-refractivity contribution is 7.94. The molecule has 9 heteroatoms. The molecule has 0 heterocycles. The van der Waals surface area contributed by atoms with Crippen molar-refractivity contribution in [1.82, 2.24) is 0 Å². The predicted octanol–water partition coefficient (Wildman–Crippen LogP) is 1.29. The SMILES string of the molecule is O=S(=O)(O)c1cc(SOOO)ccc1CCCO. The van der Waals surface area contributed by atoms with E-state index in [-0.39, 0.29) is 11.5 Å². The van der Waals surface area contributed by atoms with Gasteiger partial charge in [0.15, 0.2) is 0 Å². The Balaban J connectivity index is 3.05. The fourth-order valence-corrected chi connectivity index (χ4v) is 2.61. The van der Waals surface area contributed by atoms with E-state index in [1.165, 1.54) is 18.2 Å². The molecule has 0 saturated heterocycles. The molecule has 0 unspecified atom stereocenters. The fraction of sp³-hybridized carbons (Fsp3) is 0.333. The maximum atomic E-state index is 11.2. The minimum atomic E-state index is -4.37. The summed E-state index contributed by atoms with van der Waals surface area (Å²) in [5.74, 6) is 0. The highest BCUT2D eigenvalue weighted by Gasteiger charge is 2.16. The third-order valence-electron chi connectivity index (χ3n) is 2.08. The van der Waals surface area contributed by atoms with Crippen LogP contribution in [-0.4, -0.2) is 29.9 Å². The molecule has 0 bridgehead atoms. The Bertz CT molecular complexity index is 486. The zero-order valence-corrected chi connectivity index (χ0v) is 10.8. The third kappa shape index (κ3) is 4.53. The molecular formula is C9H12O7S2. The Morgan fingerprint density at radius 3 is 2.61 bits per heavy atom. The van der Waals surface area contributed by atoms with E-state index in [0.29, 0.717) is 35.3 Å². The average Bonchev–Trinajstić information content (AvgIpc) is 2.33. The molecule has 3 N–H and O–H groups in total. The molecule has 1 aromatic rings. The Kier molecular flexibility index (Phi) is 6.02. The van der Waals surface area contributed by atoms with Gasteiger partial charge in [-0.1, -0.05) is 11.1 Å². The van der Waals surface area contributed by atoms with Crippen molar-refractivity contribution in [3.05, 3.63) is 23.8 Å². The van der Waals surface area contributed by atoms with Gasteiger partial charge in [-0.15, -0.1) is 4.33 Å². The molecular weight excluding hydrogens is 284 g/mol. The zero-order valence-electron chi connectivity index (χ0n) is 9.14. The number of rotatable bonds is 7. The third-order valence-corrected chi connectivity index (χ3v) is 3.59. The number of hydrogen-bond acceptors (Lipinski definition) is 7. The first kappa shape index (κ1) is 15.4. The largest absolute Gasteiger partial charge is 0.396 e. The van der Waals surface area contributed by atoms with Gasteiger partial charge in [-0.25, -0.2) is 5.26 Å². The molecule has 0 fully saturated rings. The first-order chi connectivity index (χ1) is 8.49. The summed E-state index contributed by atoms with van der Waals surface area (Å²) in [6.45, 7) is -0.0805. The minimum Gasteiger partial charge on any atom is -0.396 e. The summed E-state index contributed by atoms with van der Waals surface area (Å²) < 4.78 is 35.7. The first-order valence-electron chi connectivity index (χ1n) is 4.85. The van der Waals surface area contributed by atoms with Crippen LogP contribution in [0.15, 0.2) is 28.0 Å². The van der Waals surface area contributed by atoms with Crippen LogP contribution in [0.3, 0.4) is 0 Å². The van der Waals surface area contributed by atoms with Crippen molar-refractivity contribution in [2.75, 3.05) is 6.61 Å². The van der Waals surface area contributed by atoms with Crippen molar-refractivity contribution in [2.24, 2.45) is 0 Å². The van der Waals surface area contributed by atoms with Gasteiger partial charge in [-0.3, -0.25) is 4.55 Å². The van der Waals surface area contributed by atoms with Crippen LogP contribution in [0.2, 0.25) is 0 Å². The van der Waals surface area contributed by atoms with Gasteiger partial charge in [0, 0.05) is 11.5 Å². The summed E-state index contributed by atoms with van der Waals surface area (Å²) >= 11 is 0.586. The van der Waals surface area contributed by atoms with Crippen LogP contribution in [-0.2, 0) is 25.9 Å². The number of aliphatic hydroxyl groups is 1. The van der Waals surface area contributed by atoms with Gasteiger partial charge in [-0.05, 0) is 30.5 Å². The zero-order chi connectivity index (χ0) is 13.6. The van der Waals surface area contributed by atoms with Crippen molar-refractivity contribution in [3.63, 3.8) is 0 Å². The molecule has 0 aliphatic carbocycles. The van der Waals surface area contributed by atoms with Crippen LogP contribution in [0.1, 0.15) is 12.0 Å². The van der Waals surface area contributed by atoms with Crippen LogP contribution in [0.5, 0.6) is 0 Å². The van der Waals surface area contributed by atoms with Crippen LogP contribution >= 0.6 is 12.0 Å². The van der Waals surface area contributed by atoms with Crippen molar-refractivity contribution in [2.45, 2.75) is 22.6 Å². The lowest BCUT2D eigenvalue weighted by Crippen LogP contribution is -2.04. The average molecular weight is 296 g/mol. The molecule has 0 atom stereocenters.